The summed E-state index contributed by atoms with van der Waals surface area (Å²) >= 11 is 0. The maximum absolute atomic E-state index is 10.9. The lowest BCUT2D eigenvalue weighted by Crippen LogP contribution is -2.29. The summed E-state index contributed by atoms with van der Waals surface area (Å²) in [7, 11) is 0. The van der Waals surface area contributed by atoms with Gasteiger partial charge in [-0.15, -0.1) is 0 Å². The lowest BCUT2D eigenvalue weighted by atomic mass is 10.0. The summed E-state index contributed by atoms with van der Waals surface area (Å²) in [5.74, 6) is 0. The Labute approximate surface area is 129 Å². The second-order valence-corrected chi connectivity index (χ2v) is 6.16. The third kappa shape index (κ3) is 2.15. The van der Waals surface area contributed by atoms with Crippen molar-refractivity contribution < 1.29 is 4.92 Å². The molecule has 0 spiro atoms. The van der Waals surface area contributed by atoms with E-state index in [0.29, 0.717) is 0 Å². The van der Waals surface area contributed by atoms with Gasteiger partial charge >= 0.3 is 0 Å². The number of piperidine rings is 1. The van der Waals surface area contributed by atoms with E-state index in [0.717, 1.165) is 30.6 Å². The van der Waals surface area contributed by atoms with Crippen molar-refractivity contribution in [2.75, 3.05) is 18.0 Å². The van der Waals surface area contributed by atoms with Crippen LogP contribution in [-0.4, -0.2) is 18.0 Å². The van der Waals surface area contributed by atoms with Crippen molar-refractivity contribution in [3.05, 3.63) is 57.6 Å². The first-order valence-corrected chi connectivity index (χ1v) is 7.88. The quantitative estimate of drug-likeness (QED) is 0.526. The molecular formula is C18H18N2O2. The minimum absolute atomic E-state index is 0.183. The average Bonchev–Trinajstić information content (AvgIpc) is 2.92. The molecule has 0 amide bonds. The topological polar surface area (TPSA) is 46.4 Å². The van der Waals surface area contributed by atoms with Crippen molar-refractivity contribution in [3.8, 4) is 11.1 Å². The number of non-ortho nitro benzene ring substituents is 1. The van der Waals surface area contributed by atoms with Crippen molar-refractivity contribution in [2.45, 2.75) is 25.7 Å². The predicted molar refractivity (Wildman–Crippen MR) is 87.4 cm³/mol. The van der Waals surface area contributed by atoms with Crippen LogP contribution in [0, 0.1) is 10.1 Å². The molecule has 4 heteroatoms. The Bertz CT molecular complexity index is 749. The molecule has 1 saturated heterocycles. The molecule has 2 aromatic carbocycles. The van der Waals surface area contributed by atoms with Crippen molar-refractivity contribution in [1.82, 2.24) is 0 Å². The lowest BCUT2D eigenvalue weighted by molar-refractivity contribution is -0.384. The van der Waals surface area contributed by atoms with Gasteiger partial charge in [0.15, 0.2) is 0 Å². The van der Waals surface area contributed by atoms with Crippen LogP contribution in [0.5, 0.6) is 0 Å². The minimum atomic E-state index is -0.317. The molecule has 0 atom stereocenters. The predicted octanol–water partition coefficient (Wildman–Crippen LogP) is 4.16. The second kappa shape index (κ2) is 5.13. The molecule has 0 unspecified atom stereocenters. The monoisotopic (exact) mass is 294 g/mol. The van der Waals surface area contributed by atoms with Crippen LogP contribution in [0.1, 0.15) is 30.4 Å². The highest BCUT2D eigenvalue weighted by Crippen LogP contribution is 2.40. The number of anilines is 1. The number of benzene rings is 2. The zero-order chi connectivity index (χ0) is 15.1. The summed E-state index contributed by atoms with van der Waals surface area (Å²) < 4.78 is 0. The summed E-state index contributed by atoms with van der Waals surface area (Å²) in [4.78, 5) is 13.1. The molecule has 4 rings (SSSR count). The maximum atomic E-state index is 10.9. The molecule has 0 aromatic heterocycles. The number of hydrogen-bond acceptors (Lipinski definition) is 3. The van der Waals surface area contributed by atoms with E-state index in [1.807, 2.05) is 6.07 Å². The third-order valence-corrected chi connectivity index (χ3v) is 4.78. The van der Waals surface area contributed by atoms with Crippen LogP contribution in [0.3, 0.4) is 0 Å². The smallest absolute Gasteiger partial charge is 0.269 e. The first kappa shape index (κ1) is 13.3. The number of nitrogens with zero attached hydrogens (tertiary/aromatic N) is 2. The molecular weight excluding hydrogens is 276 g/mol. The molecule has 1 fully saturated rings. The summed E-state index contributed by atoms with van der Waals surface area (Å²) in [6, 6.07) is 11.9. The van der Waals surface area contributed by atoms with Gasteiger partial charge in [-0.3, -0.25) is 10.1 Å². The van der Waals surface area contributed by atoms with E-state index in [2.05, 4.69) is 23.1 Å². The lowest BCUT2D eigenvalue weighted by Gasteiger charge is -2.29. The Morgan fingerprint density at radius 1 is 0.909 bits per heavy atom. The molecule has 1 aliphatic carbocycles. The van der Waals surface area contributed by atoms with E-state index in [4.69, 9.17) is 0 Å². The van der Waals surface area contributed by atoms with E-state index >= 15 is 0 Å². The zero-order valence-electron chi connectivity index (χ0n) is 12.4. The maximum Gasteiger partial charge on any atom is 0.269 e. The van der Waals surface area contributed by atoms with Gasteiger partial charge in [-0.1, -0.05) is 6.07 Å². The summed E-state index contributed by atoms with van der Waals surface area (Å²) in [6.45, 7) is 2.27. The fourth-order valence-corrected chi connectivity index (χ4v) is 3.65. The van der Waals surface area contributed by atoms with Crippen LogP contribution in [0.4, 0.5) is 11.4 Å². The highest BCUT2D eigenvalue weighted by Gasteiger charge is 2.22. The Kier molecular flexibility index (Phi) is 3.10. The second-order valence-electron chi connectivity index (χ2n) is 6.16. The van der Waals surface area contributed by atoms with Crippen LogP contribution in [0.2, 0.25) is 0 Å². The van der Waals surface area contributed by atoms with Crippen molar-refractivity contribution in [2.24, 2.45) is 0 Å². The van der Waals surface area contributed by atoms with Crippen LogP contribution < -0.4 is 4.90 Å². The molecule has 0 bridgehead atoms. The summed E-state index contributed by atoms with van der Waals surface area (Å²) in [5, 5.41) is 10.9. The third-order valence-electron chi connectivity index (χ3n) is 4.78. The average molecular weight is 294 g/mol. The number of nitro groups is 1. The Hall–Kier alpha value is -2.36. The van der Waals surface area contributed by atoms with E-state index < -0.39 is 0 Å². The summed E-state index contributed by atoms with van der Waals surface area (Å²) in [6.07, 6.45) is 4.66. The zero-order valence-corrected chi connectivity index (χ0v) is 12.4. The van der Waals surface area contributed by atoms with E-state index in [1.165, 1.54) is 36.1 Å². The van der Waals surface area contributed by atoms with Gasteiger partial charge in [0.1, 0.15) is 0 Å². The van der Waals surface area contributed by atoms with Gasteiger partial charge in [-0.05, 0) is 66.1 Å². The molecule has 4 nitrogen and oxygen atoms in total. The molecule has 0 radical (unpaired) electrons. The van der Waals surface area contributed by atoms with Gasteiger partial charge in [0, 0.05) is 30.9 Å². The standard InChI is InChI=1S/C18H18N2O2/c21-20(22)16-5-7-18-14(12-16)10-13-11-15(4-6-17(13)18)19-8-2-1-3-9-19/h4-7,11-12H,1-3,8-10H2. The molecule has 2 aromatic rings. The minimum Gasteiger partial charge on any atom is -0.372 e. The Morgan fingerprint density at radius 3 is 2.32 bits per heavy atom. The largest absolute Gasteiger partial charge is 0.372 e. The van der Waals surface area contributed by atoms with Crippen LogP contribution in [-0.2, 0) is 6.42 Å². The molecule has 22 heavy (non-hydrogen) atoms. The summed E-state index contributed by atoms with van der Waals surface area (Å²) in [5.41, 5.74) is 6.21. The van der Waals surface area contributed by atoms with Gasteiger partial charge in [-0.25, -0.2) is 0 Å². The number of hydrogen-bond donors (Lipinski definition) is 0. The first-order chi connectivity index (χ1) is 10.7. The Morgan fingerprint density at radius 2 is 1.59 bits per heavy atom. The fraction of sp³-hybridized carbons (Fsp3) is 0.333. The SMILES string of the molecule is O=[N+]([O-])c1ccc2c(c1)Cc1cc(N3CCCCC3)ccc1-2. The highest BCUT2D eigenvalue weighted by atomic mass is 16.6. The molecule has 1 heterocycles. The van der Waals surface area contributed by atoms with Gasteiger partial charge in [0.25, 0.3) is 5.69 Å². The molecule has 2 aliphatic rings. The number of fused-ring (bicyclic) bond motifs is 3. The number of nitro benzene ring substituents is 1. The first-order valence-electron chi connectivity index (χ1n) is 7.88. The van der Waals surface area contributed by atoms with Crippen LogP contribution >= 0.6 is 0 Å². The van der Waals surface area contributed by atoms with E-state index in [-0.39, 0.29) is 10.6 Å². The molecule has 0 N–H and O–H groups in total. The van der Waals surface area contributed by atoms with Crippen LogP contribution in [0.15, 0.2) is 36.4 Å². The van der Waals surface area contributed by atoms with E-state index in [1.54, 1.807) is 12.1 Å². The van der Waals surface area contributed by atoms with Crippen molar-refractivity contribution >= 4 is 11.4 Å². The van der Waals surface area contributed by atoms with Gasteiger partial charge in [0.2, 0.25) is 0 Å². The van der Waals surface area contributed by atoms with Gasteiger partial charge in [0.05, 0.1) is 4.92 Å². The van der Waals surface area contributed by atoms with Gasteiger partial charge in [-0.2, -0.15) is 0 Å². The molecule has 112 valence electrons. The molecule has 1 aliphatic heterocycles. The highest BCUT2D eigenvalue weighted by molar-refractivity contribution is 5.79. The molecule has 0 saturated carbocycles. The van der Waals surface area contributed by atoms with Crippen LogP contribution in [0.25, 0.3) is 11.1 Å². The van der Waals surface area contributed by atoms with Gasteiger partial charge < -0.3 is 4.90 Å². The van der Waals surface area contributed by atoms with Crippen molar-refractivity contribution in [3.63, 3.8) is 0 Å². The Balaban J connectivity index is 1.68. The normalized spacial score (nSPS) is 16.3. The number of rotatable bonds is 2. The van der Waals surface area contributed by atoms with E-state index in [9.17, 15) is 10.1 Å². The van der Waals surface area contributed by atoms with Crippen molar-refractivity contribution in [1.29, 1.82) is 0 Å². The fourth-order valence-electron chi connectivity index (χ4n) is 3.65.